The zero-order valence-corrected chi connectivity index (χ0v) is 19.3. The van der Waals surface area contributed by atoms with Crippen molar-refractivity contribution in [3.63, 3.8) is 0 Å². The van der Waals surface area contributed by atoms with Crippen molar-refractivity contribution in [2.45, 2.75) is 25.2 Å². The van der Waals surface area contributed by atoms with Gasteiger partial charge in [0.2, 0.25) is 0 Å². The number of nitrogens with one attached hydrogen (secondary N) is 1. The fourth-order valence-electron chi connectivity index (χ4n) is 4.53. The number of aryl methyl sites for hydroxylation is 3. The van der Waals surface area contributed by atoms with Gasteiger partial charge in [0.25, 0.3) is 0 Å². The van der Waals surface area contributed by atoms with Gasteiger partial charge in [0.1, 0.15) is 0 Å². The number of hydrogen-bond donors (Lipinski definition) is 1. The van der Waals surface area contributed by atoms with Gasteiger partial charge in [-0.3, -0.25) is 4.68 Å². The van der Waals surface area contributed by atoms with Gasteiger partial charge in [-0.2, -0.15) is 0 Å². The van der Waals surface area contributed by atoms with Crippen LogP contribution >= 0.6 is 0 Å². The minimum Gasteiger partial charge on any atom is -0.305 e. The normalized spacial score (nSPS) is 12.1. The second-order valence-corrected chi connectivity index (χ2v) is 10.2. The molecule has 0 bridgehead atoms. The van der Waals surface area contributed by atoms with Crippen LogP contribution in [0.2, 0.25) is 0 Å². The molecule has 0 atom stereocenters. The van der Waals surface area contributed by atoms with Crippen LogP contribution in [0.1, 0.15) is 18.1 Å². The molecule has 0 aliphatic rings. The second kappa shape index (κ2) is 7.31. The van der Waals surface area contributed by atoms with Gasteiger partial charge in [-0.05, 0) is 47.7 Å². The average molecular weight is 445 g/mol. The summed E-state index contributed by atoms with van der Waals surface area (Å²) >= 11 is 0. The van der Waals surface area contributed by atoms with E-state index in [0.29, 0.717) is 4.90 Å². The van der Waals surface area contributed by atoms with E-state index in [1.165, 1.54) is 6.26 Å². The highest BCUT2D eigenvalue weighted by atomic mass is 32.2. The maximum Gasteiger partial charge on any atom is 0.175 e. The van der Waals surface area contributed by atoms with E-state index < -0.39 is 9.84 Å². The second-order valence-electron chi connectivity index (χ2n) is 8.18. The first-order chi connectivity index (χ1) is 15.3. The molecule has 0 fully saturated rings. The maximum atomic E-state index is 12.2. The van der Waals surface area contributed by atoms with Crippen molar-refractivity contribution in [2.75, 3.05) is 6.26 Å². The summed E-state index contributed by atoms with van der Waals surface area (Å²) in [6, 6.07) is 13.2. The number of pyridine rings is 1. The molecule has 2 aromatic carbocycles. The van der Waals surface area contributed by atoms with Crippen LogP contribution in [0.3, 0.4) is 0 Å². The average Bonchev–Trinajstić information content (AvgIpc) is 3.32. The van der Waals surface area contributed by atoms with Gasteiger partial charge in [-0.15, -0.1) is 0 Å². The van der Waals surface area contributed by atoms with Gasteiger partial charge in [-0.1, -0.05) is 37.3 Å². The van der Waals surface area contributed by atoms with Crippen molar-refractivity contribution in [1.82, 2.24) is 19.7 Å². The summed E-state index contributed by atoms with van der Waals surface area (Å²) in [6.07, 6.45) is 5.83. The van der Waals surface area contributed by atoms with Crippen LogP contribution in [-0.4, -0.2) is 34.4 Å². The van der Waals surface area contributed by atoms with Crippen molar-refractivity contribution in [3.05, 3.63) is 66.0 Å². The molecule has 0 aliphatic heterocycles. The highest BCUT2D eigenvalue weighted by Gasteiger charge is 2.22. The quantitative estimate of drug-likeness (QED) is 0.420. The van der Waals surface area contributed by atoms with Crippen LogP contribution in [-0.2, 0) is 23.3 Å². The first kappa shape index (κ1) is 20.5. The molecule has 0 spiro atoms. The number of aromatic amines is 1. The number of rotatable bonds is 4. The Morgan fingerprint density at radius 2 is 1.91 bits per heavy atom. The van der Waals surface area contributed by atoms with Crippen molar-refractivity contribution in [3.8, 4) is 22.4 Å². The molecule has 0 unspecified atom stereocenters. The van der Waals surface area contributed by atoms with E-state index in [2.05, 4.69) is 30.0 Å². The summed E-state index contributed by atoms with van der Waals surface area (Å²) in [7, 11) is -1.32. The monoisotopic (exact) mass is 444 g/mol. The molecule has 0 saturated heterocycles. The van der Waals surface area contributed by atoms with E-state index in [0.717, 1.165) is 61.9 Å². The summed E-state index contributed by atoms with van der Waals surface area (Å²) in [6.45, 7) is 4.20. The van der Waals surface area contributed by atoms with E-state index in [-0.39, 0.29) is 0 Å². The largest absolute Gasteiger partial charge is 0.305 e. The predicted molar refractivity (Wildman–Crippen MR) is 128 cm³/mol. The third kappa shape index (κ3) is 3.12. The lowest BCUT2D eigenvalue weighted by atomic mass is 9.91. The Bertz CT molecular complexity index is 1610. The Hall–Kier alpha value is -3.45. The molecule has 0 aliphatic carbocycles. The van der Waals surface area contributed by atoms with E-state index in [1.54, 1.807) is 18.2 Å². The first-order valence-corrected chi connectivity index (χ1v) is 12.4. The van der Waals surface area contributed by atoms with Crippen molar-refractivity contribution in [2.24, 2.45) is 7.05 Å². The summed E-state index contributed by atoms with van der Waals surface area (Å²) in [5.74, 6) is 0. The number of aromatic nitrogens is 4. The zero-order chi connectivity index (χ0) is 22.6. The number of H-pyrrole nitrogens is 1. The van der Waals surface area contributed by atoms with Crippen LogP contribution in [0.15, 0.2) is 59.8 Å². The Kier molecular flexibility index (Phi) is 4.67. The van der Waals surface area contributed by atoms with Gasteiger partial charge in [0.15, 0.2) is 15.5 Å². The molecule has 7 heteroatoms. The molecule has 0 amide bonds. The van der Waals surface area contributed by atoms with Crippen molar-refractivity contribution >= 4 is 31.8 Å². The van der Waals surface area contributed by atoms with Crippen LogP contribution in [0.25, 0.3) is 44.3 Å². The summed E-state index contributed by atoms with van der Waals surface area (Å²) in [4.78, 5) is 9.93. The van der Waals surface area contributed by atoms with Crippen LogP contribution < -0.4 is 0 Å². The lowest BCUT2D eigenvalue weighted by Crippen LogP contribution is -1.98. The minimum atomic E-state index is -3.31. The van der Waals surface area contributed by atoms with Crippen LogP contribution in [0, 0.1) is 6.92 Å². The number of hydrogen-bond acceptors (Lipinski definition) is 4. The standard InChI is InChI=1S/C25H24N4O2S/c1-5-19-22-24-17(14-27-29(24)3)13-26-25(22)28-23(19)21-15(2)8-6-11-20(21)16-9-7-10-18(12-16)32(4,30)31/h6-14,27H,5H2,1-4H3. The van der Waals surface area contributed by atoms with Gasteiger partial charge in [0, 0.05) is 36.6 Å². The lowest BCUT2D eigenvalue weighted by Gasteiger charge is -2.14. The molecular formula is C25H24N4O2S. The smallest absolute Gasteiger partial charge is 0.175 e. The molecule has 5 rings (SSSR count). The van der Waals surface area contributed by atoms with Gasteiger partial charge >= 0.3 is 0 Å². The van der Waals surface area contributed by atoms with E-state index in [9.17, 15) is 8.42 Å². The zero-order valence-electron chi connectivity index (χ0n) is 18.5. The number of sulfone groups is 1. The topological polar surface area (TPSA) is 80.6 Å². The summed E-state index contributed by atoms with van der Waals surface area (Å²) < 4.78 is 26.3. The molecule has 5 aromatic rings. The van der Waals surface area contributed by atoms with Gasteiger partial charge < -0.3 is 5.10 Å². The van der Waals surface area contributed by atoms with Crippen LogP contribution in [0.4, 0.5) is 0 Å². The molecule has 32 heavy (non-hydrogen) atoms. The van der Waals surface area contributed by atoms with Crippen molar-refractivity contribution in [1.29, 1.82) is 0 Å². The number of fused-ring (bicyclic) bond motifs is 3. The first-order valence-electron chi connectivity index (χ1n) is 10.5. The third-order valence-corrected chi connectivity index (χ3v) is 7.16. The maximum absolute atomic E-state index is 12.2. The summed E-state index contributed by atoms with van der Waals surface area (Å²) in [5, 5.41) is 5.33. The molecule has 0 saturated carbocycles. The Labute approximate surface area is 186 Å². The molecule has 1 N–H and O–H groups in total. The predicted octanol–water partition coefficient (Wildman–Crippen LogP) is 5.06. The van der Waals surface area contributed by atoms with E-state index in [4.69, 9.17) is 4.98 Å². The van der Waals surface area contributed by atoms with Crippen molar-refractivity contribution < 1.29 is 8.42 Å². The van der Waals surface area contributed by atoms with E-state index >= 15 is 0 Å². The Balaban J connectivity index is 1.84. The molecule has 6 nitrogen and oxygen atoms in total. The molecule has 3 aromatic heterocycles. The Morgan fingerprint density at radius 3 is 2.66 bits per heavy atom. The van der Waals surface area contributed by atoms with Gasteiger partial charge in [-0.25, -0.2) is 18.4 Å². The SMILES string of the molecule is CCc1c(-c2c(C)cccc2-c2cccc(S(C)(=O)=O)c2)nc2ncc3c[nH]n(C)c3c12. The highest BCUT2D eigenvalue weighted by Crippen LogP contribution is 2.40. The lowest BCUT2D eigenvalue weighted by molar-refractivity contribution is 0.602. The minimum absolute atomic E-state index is 0.307. The van der Waals surface area contributed by atoms with Gasteiger partial charge in [0.05, 0.1) is 21.5 Å². The Morgan fingerprint density at radius 1 is 1.12 bits per heavy atom. The number of benzene rings is 2. The number of nitrogens with zero attached hydrogens (tertiary/aromatic N) is 3. The molecule has 162 valence electrons. The molecular weight excluding hydrogens is 420 g/mol. The highest BCUT2D eigenvalue weighted by molar-refractivity contribution is 7.90. The van der Waals surface area contributed by atoms with Crippen LogP contribution in [0.5, 0.6) is 0 Å². The molecule has 0 radical (unpaired) electrons. The summed E-state index contributed by atoms with van der Waals surface area (Å²) in [5.41, 5.74) is 7.76. The van der Waals surface area contributed by atoms with E-state index in [1.807, 2.05) is 42.3 Å². The third-order valence-electron chi connectivity index (χ3n) is 6.05. The fraction of sp³-hybridized carbons (Fsp3) is 0.200. The molecule has 3 heterocycles. The fourth-order valence-corrected chi connectivity index (χ4v) is 5.19.